The van der Waals surface area contributed by atoms with E-state index in [1.54, 1.807) is 42.5 Å². The summed E-state index contributed by atoms with van der Waals surface area (Å²) in [6.07, 6.45) is 1.65. The molecule has 3 N–H and O–H groups in total. The van der Waals surface area contributed by atoms with Gasteiger partial charge in [0.1, 0.15) is 16.8 Å². The Kier molecular flexibility index (Phi) is 11.0. The van der Waals surface area contributed by atoms with Crippen molar-refractivity contribution < 1.29 is 18.8 Å². The molecule has 5 aromatic carbocycles. The van der Waals surface area contributed by atoms with Gasteiger partial charge in [0.15, 0.2) is 0 Å². The lowest BCUT2D eigenvalue weighted by atomic mass is 10.0. The monoisotopic (exact) mass is 643 g/mol. The zero-order valence-corrected chi connectivity index (χ0v) is 26.8. The molecule has 8 heteroatoms. The summed E-state index contributed by atoms with van der Waals surface area (Å²) in [4.78, 5) is 40.7. The number of amides is 3. The Hall–Kier alpha value is -5.47. The molecule has 1 atom stereocenters. The molecule has 1 unspecified atom stereocenters. The van der Waals surface area contributed by atoms with Gasteiger partial charge in [0, 0.05) is 21.8 Å². The van der Waals surface area contributed by atoms with Gasteiger partial charge in [-0.25, -0.2) is 4.39 Å². The van der Waals surface area contributed by atoms with E-state index in [1.807, 2.05) is 72.8 Å². The second-order valence-corrected chi connectivity index (χ2v) is 12.3. The minimum atomic E-state index is -0.591. The third kappa shape index (κ3) is 9.28. The summed E-state index contributed by atoms with van der Waals surface area (Å²) in [6, 6.07) is 38.7. The number of benzene rings is 5. The molecule has 0 saturated carbocycles. The van der Waals surface area contributed by atoms with Crippen LogP contribution in [0.4, 0.5) is 15.8 Å². The summed E-state index contributed by atoms with van der Waals surface area (Å²) < 4.78 is 13.4. The van der Waals surface area contributed by atoms with Crippen LogP contribution in [0.25, 0.3) is 6.08 Å². The van der Waals surface area contributed by atoms with Crippen LogP contribution in [0.3, 0.4) is 0 Å². The fraction of sp³-hybridized carbons (Fsp3) is 0.103. The highest BCUT2D eigenvalue weighted by Gasteiger charge is 2.22. The minimum Gasteiger partial charge on any atom is -0.325 e. The lowest BCUT2D eigenvalue weighted by Gasteiger charge is -2.17. The van der Waals surface area contributed by atoms with Crippen LogP contribution in [0.5, 0.6) is 0 Å². The van der Waals surface area contributed by atoms with Crippen LogP contribution in [0.2, 0.25) is 0 Å². The van der Waals surface area contributed by atoms with Crippen molar-refractivity contribution in [3.8, 4) is 0 Å². The lowest BCUT2D eigenvalue weighted by Crippen LogP contribution is -2.30. The van der Waals surface area contributed by atoms with Crippen LogP contribution in [-0.4, -0.2) is 17.7 Å². The molecule has 0 heterocycles. The van der Waals surface area contributed by atoms with Gasteiger partial charge in [0.2, 0.25) is 5.91 Å². The summed E-state index contributed by atoms with van der Waals surface area (Å²) >= 11 is 1.35. The highest BCUT2D eigenvalue weighted by atomic mass is 32.2. The number of carbonyl (C=O) groups excluding carboxylic acids is 3. The average Bonchev–Trinajstić information content (AvgIpc) is 3.09. The number of anilines is 2. The van der Waals surface area contributed by atoms with Gasteiger partial charge in [-0.3, -0.25) is 14.4 Å². The molecule has 6 nitrogen and oxygen atoms in total. The van der Waals surface area contributed by atoms with Crippen molar-refractivity contribution in [2.45, 2.75) is 29.9 Å². The maximum atomic E-state index is 13.5. The van der Waals surface area contributed by atoms with Gasteiger partial charge < -0.3 is 16.0 Å². The van der Waals surface area contributed by atoms with Gasteiger partial charge in [-0.1, -0.05) is 86.6 Å². The molecule has 0 aromatic heterocycles. The highest BCUT2D eigenvalue weighted by molar-refractivity contribution is 8.00. The molecule has 47 heavy (non-hydrogen) atoms. The van der Waals surface area contributed by atoms with Crippen LogP contribution in [0.15, 0.2) is 144 Å². The van der Waals surface area contributed by atoms with Crippen molar-refractivity contribution in [2.75, 3.05) is 10.6 Å². The van der Waals surface area contributed by atoms with Crippen LogP contribution >= 0.6 is 11.8 Å². The summed E-state index contributed by atoms with van der Waals surface area (Å²) in [7, 11) is 0. The Labute approximate surface area is 278 Å². The zero-order valence-electron chi connectivity index (χ0n) is 25.9. The first-order valence-electron chi connectivity index (χ1n) is 15.1. The molecule has 0 radical (unpaired) electrons. The van der Waals surface area contributed by atoms with Gasteiger partial charge in [-0.05, 0) is 89.3 Å². The van der Waals surface area contributed by atoms with Gasteiger partial charge in [0.05, 0.1) is 0 Å². The van der Waals surface area contributed by atoms with Crippen molar-refractivity contribution in [1.82, 2.24) is 5.32 Å². The number of hydrogen-bond donors (Lipinski definition) is 3. The van der Waals surface area contributed by atoms with Crippen molar-refractivity contribution in [3.05, 3.63) is 167 Å². The van der Waals surface area contributed by atoms with E-state index in [2.05, 4.69) is 29.8 Å². The van der Waals surface area contributed by atoms with Gasteiger partial charge >= 0.3 is 0 Å². The molecule has 0 spiro atoms. The molecule has 0 fully saturated rings. The van der Waals surface area contributed by atoms with E-state index < -0.39 is 17.1 Å². The van der Waals surface area contributed by atoms with Crippen molar-refractivity contribution in [2.24, 2.45) is 0 Å². The number of rotatable bonds is 11. The first-order chi connectivity index (χ1) is 22.7. The Bertz CT molecular complexity index is 1840. The van der Waals surface area contributed by atoms with E-state index >= 15 is 0 Å². The molecule has 0 aliphatic carbocycles. The van der Waals surface area contributed by atoms with Gasteiger partial charge in [-0.2, -0.15) is 0 Å². The first kappa shape index (κ1) is 32.9. The second kappa shape index (κ2) is 15.7. The number of nitrogens with one attached hydrogen (secondary N) is 3. The van der Waals surface area contributed by atoms with Crippen molar-refractivity contribution >= 4 is 46.9 Å². The summed E-state index contributed by atoms with van der Waals surface area (Å²) in [5.41, 5.74) is 4.28. The predicted molar refractivity (Wildman–Crippen MR) is 188 cm³/mol. The molecule has 5 rings (SSSR count). The van der Waals surface area contributed by atoms with Crippen LogP contribution in [0.1, 0.15) is 52.1 Å². The molecule has 236 valence electrons. The third-order valence-corrected chi connectivity index (χ3v) is 8.53. The lowest BCUT2D eigenvalue weighted by molar-refractivity contribution is -0.116. The maximum absolute atomic E-state index is 13.5. The smallest absolute Gasteiger partial charge is 0.272 e. The number of halogens is 1. The molecule has 5 aromatic rings. The van der Waals surface area contributed by atoms with E-state index in [0.717, 1.165) is 16.0 Å². The Balaban J connectivity index is 1.33. The summed E-state index contributed by atoms with van der Waals surface area (Å²) in [6.45, 7) is 4.22. The fourth-order valence-electron chi connectivity index (χ4n) is 4.68. The van der Waals surface area contributed by atoms with Crippen LogP contribution < -0.4 is 16.0 Å². The third-order valence-electron chi connectivity index (χ3n) is 7.26. The zero-order chi connectivity index (χ0) is 33.2. The number of carbonyl (C=O) groups is 3. The van der Waals surface area contributed by atoms with Gasteiger partial charge in [-0.15, -0.1) is 11.8 Å². The largest absolute Gasteiger partial charge is 0.325 e. The minimum absolute atomic E-state index is 0.0937. The summed E-state index contributed by atoms with van der Waals surface area (Å²) in [5.74, 6) is -1.16. The second-order valence-electron chi connectivity index (χ2n) is 11.1. The maximum Gasteiger partial charge on any atom is 0.272 e. The van der Waals surface area contributed by atoms with E-state index in [-0.39, 0.29) is 17.4 Å². The Morgan fingerprint density at radius 2 is 1.23 bits per heavy atom. The summed E-state index contributed by atoms with van der Waals surface area (Å²) in [5, 5.41) is 7.93. The Morgan fingerprint density at radius 3 is 1.85 bits per heavy atom. The standard InChI is InChI=1S/C39H34FN3O3S/c1-26(2)28-15-13-27(14-16-28)25-35(43-37(44)30-11-7-4-8-12-30)38(45)41-33-21-23-34(24-22-33)47-36(29-9-5-3-6-10-29)39(46)42-32-19-17-31(40)18-20-32/h3-26,36H,1-2H3,(H,41,45)(H,42,46)(H,43,44)/b35-25-. The van der Waals surface area contributed by atoms with Crippen LogP contribution in [-0.2, 0) is 9.59 Å². The molecular weight excluding hydrogens is 610 g/mol. The SMILES string of the molecule is CC(C)c1ccc(/C=C(\NC(=O)c2ccccc2)C(=O)Nc2ccc(SC(C(=O)Nc3ccc(F)cc3)c3ccccc3)cc2)cc1. The first-order valence-corrected chi connectivity index (χ1v) is 16.0. The molecule has 0 aliphatic rings. The quantitative estimate of drug-likeness (QED) is 0.0992. The van der Waals surface area contributed by atoms with Crippen molar-refractivity contribution in [3.63, 3.8) is 0 Å². The Morgan fingerprint density at radius 1 is 0.660 bits per heavy atom. The molecule has 0 aliphatic heterocycles. The van der Waals surface area contributed by atoms with E-state index in [0.29, 0.717) is 22.9 Å². The number of thioether (sulfide) groups is 1. The normalized spacial score (nSPS) is 11.9. The molecule has 3 amide bonds. The molecule has 0 bridgehead atoms. The van der Waals surface area contributed by atoms with E-state index in [9.17, 15) is 18.8 Å². The fourth-order valence-corrected chi connectivity index (χ4v) is 5.70. The van der Waals surface area contributed by atoms with Crippen molar-refractivity contribution in [1.29, 1.82) is 0 Å². The number of hydrogen-bond acceptors (Lipinski definition) is 4. The van der Waals surface area contributed by atoms with E-state index in [4.69, 9.17) is 0 Å². The van der Waals surface area contributed by atoms with Gasteiger partial charge in [0.25, 0.3) is 11.8 Å². The molecule has 0 saturated heterocycles. The highest BCUT2D eigenvalue weighted by Crippen LogP contribution is 2.37. The molecular formula is C39H34FN3O3S. The van der Waals surface area contributed by atoms with E-state index in [1.165, 1.54) is 41.6 Å². The van der Waals surface area contributed by atoms with Crippen LogP contribution in [0, 0.1) is 5.82 Å². The average molecular weight is 644 g/mol. The topological polar surface area (TPSA) is 87.3 Å². The predicted octanol–water partition coefficient (Wildman–Crippen LogP) is 8.83.